The molecule has 0 saturated carbocycles. The van der Waals surface area contributed by atoms with Gasteiger partial charge in [0, 0.05) is 27.5 Å². The minimum atomic E-state index is 0.890. The highest BCUT2D eigenvalue weighted by molar-refractivity contribution is 5.89. The molecule has 0 fully saturated rings. The standard InChI is InChI=1S/C29H19N5/c1-2-4-27-18(3-1)5-12-28(34-27)26-16-25-15-23-9-8-21(31-23)13-19-6-7-20(30-19)14-22-10-11-24(32-22)17-29(26)33-25/h1-17,30,33H. The van der Waals surface area contributed by atoms with Crippen molar-refractivity contribution in [2.45, 2.75) is 0 Å². The lowest BCUT2D eigenvalue weighted by Gasteiger charge is -2.01. The van der Waals surface area contributed by atoms with Crippen LogP contribution in [0.2, 0.25) is 0 Å². The van der Waals surface area contributed by atoms with Crippen molar-refractivity contribution in [3.05, 3.63) is 102 Å². The minimum absolute atomic E-state index is 0.890. The number of hydrogen-bond acceptors (Lipinski definition) is 3. The van der Waals surface area contributed by atoms with Crippen molar-refractivity contribution < 1.29 is 0 Å². The SMILES string of the molecule is C1=Cc2cc3cc(-c4ccc5ccccc5n4)c(cc4nc(cc5ccc(cc1n2)[nH]5)C=C4)[nH]3. The van der Waals surface area contributed by atoms with Gasteiger partial charge < -0.3 is 9.97 Å². The Kier molecular flexibility index (Phi) is 4.08. The molecular formula is C29H19N5. The highest BCUT2D eigenvalue weighted by atomic mass is 14.8. The molecule has 7 rings (SSSR count). The number of fused-ring (bicyclic) bond motifs is 9. The maximum atomic E-state index is 4.93. The van der Waals surface area contributed by atoms with Gasteiger partial charge in [-0.05, 0) is 78.9 Å². The van der Waals surface area contributed by atoms with Crippen LogP contribution in [0.25, 0.3) is 68.5 Å². The van der Waals surface area contributed by atoms with E-state index >= 15 is 0 Å². The topological polar surface area (TPSA) is 70.2 Å². The number of pyridine rings is 1. The Morgan fingerprint density at radius 1 is 0.500 bits per heavy atom. The average Bonchev–Trinajstić information content (AvgIpc) is 3.64. The van der Waals surface area contributed by atoms with E-state index in [-0.39, 0.29) is 0 Å². The van der Waals surface area contributed by atoms with Crippen LogP contribution in [0.4, 0.5) is 0 Å². The molecule has 6 heterocycles. The van der Waals surface area contributed by atoms with Gasteiger partial charge in [0.2, 0.25) is 0 Å². The van der Waals surface area contributed by atoms with Crippen LogP contribution in [0.1, 0.15) is 22.8 Å². The van der Waals surface area contributed by atoms with Crippen LogP contribution in [0.5, 0.6) is 0 Å². The molecule has 2 aliphatic heterocycles. The van der Waals surface area contributed by atoms with Gasteiger partial charge in [0.15, 0.2) is 0 Å². The molecule has 0 amide bonds. The van der Waals surface area contributed by atoms with E-state index in [1.807, 2.05) is 54.6 Å². The molecule has 5 aromatic rings. The fourth-order valence-corrected chi connectivity index (χ4v) is 4.45. The Labute approximate surface area is 195 Å². The summed E-state index contributed by atoms with van der Waals surface area (Å²) >= 11 is 0. The van der Waals surface area contributed by atoms with Crippen molar-refractivity contribution in [1.82, 2.24) is 24.9 Å². The molecule has 5 nitrogen and oxygen atoms in total. The molecule has 2 N–H and O–H groups in total. The van der Waals surface area contributed by atoms with E-state index in [1.54, 1.807) is 0 Å². The van der Waals surface area contributed by atoms with Crippen molar-refractivity contribution in [3.8, 4) is 11.3 Å². The molecule has 160 valence electrons. The predicted molar refractivity (Wildman–Crippen MR) is 140 cm³/mol. The first-order chi connectivity index (χ1) is 16.7. The average molecular weight is 438 g/mol. The summed E-state index contributed by atoms with van der Waals surface area (Å²) in [7, 11) is 0. The number of aromatic amines is 2. The quantitative estimate of drug-likeness (QED) is 0.294. The lowest BCUT2D eigenvalue weighted by molar-refractivity contribution is 1.31. The minimum Gasteiger partial charge on any atom is -0.355 e. The van der Waals surface area contributed by atoms with E-state index in [2.05, 4.69) is 58.5 Å². The second-order valence-electron chi connectivity index (χ2n) is 8.48. The molecule has 0 saturated heterocycles. The molecule has 8 bridgehead atoms. The maximum absolute atomic E-state index is 4.93. The normalized spacial score (nSPS) is 12.5. The molecule has 0 unspecified atom stereocenters. The summed E-state index contributed by atoms with van der Waals surface area (Å²) in [5.41, 5.74) is 10.5. The van der Waals surface area contributed by atoms with Crippen molar-refractivity contribution in [2.24, 2.45) is 0 Å². The summed E-state index contributed by atoms with van der Waals surface area (Å²) in [4.78, 5) is 21.5. The second-order valence-corrected chi connectivity index (χ2v) is 8.48. The Balaban J connectivity index is 1.52. The van der Waals surface area contributed by atoms with Gasteiger partial charge in [-0.2, -0.15) is 0 Å². The van der Waals surface area contributed by atoms with Gasteiger partial charge in [0.05, 0.1) is 39.5 Å². The zero-order valence-electron chi connectivity index (χ0n) is 18.2. The number of hydrogen-bond donors (Lipinski definition) is 2. The molecule has 0 aliphatic carbocycles. The number of H-pyrrole nitrogens is 2. The fraction of sp³-hybridized carbons (Fsp3) is 0. The Hall–Kier alpha value is -4.77. The van der Waals surface area contributed by atoms with Crippen LogP contribution in [0, 0.1) is 0 Å². The van der Waals surface area contributed by atoms with E-state index in [0.717, 1.165) is 67.0 Å². The van der Waals surface area contributed by atoms with Crippen molar-refractivity contribution in [2.75, 3.05) is 0 Å². The first-order valence-electron chi connectivity index (χ1n) is 11.2. The molecule has 34 heavy (non-hydrogen) atoms. The number of rotatable bonds is 1. The van der Waals surface area contributed by atoms with E-state index in [9.17, 15) is 0 Å². The Morgan fingerprint density at radius 2 is 1.15 bits per heavy atom. The van der Waals surface area contributed by atoms with E-state index in [4.69, 9.17) is 15.0 Å². The van der Waals surface area contributed by atoms with Gasteiger partial charge in [0.25, 0.3) is 0 Å². The molecule has 0 spiro atoms. The molecule has 5 heteroatoms. The Morgan fingerprint density at radius 3 is 1.88 bits per heavy atom. The van der Waals surface area contributed by atoms with Crippen molar-refractivity contribution >= 4 is 57.3 Å². The summed E-state index contributed by atoms with van der Waals surface area (Å²) in [5.74, 6) is 0. The van der Waals surface area contributed by atoms with Gasteiger partial charge in [-0.3, -0.25) is 0 Å². The summed E-state index contributed by atoms with van der Waals surface area (Å²) in [6.45, 7) is 0. The molecule has 0 atom stereocenters. The third-order valence-electron chi connectivity index (χ3n) is 6.04. The second kappa shape index (κ2) is 7.39. The van der Waals surface area contributed by atoms with Crippen molar-refractivity contribution in [1.29, 1.82) is 0 Å². The molecule has 4 aromatic heterocycles. The highest BCUT2D eigenvalue weighted by Crippen LogP contribution is 2.28. The smallest absolute Gasteiger partial charge is 0.0731 e. The van der Waals surface area contributed by atoms with Crippen LogP contribution in [0.15, 0.2) is 78.9 Å². The van der Waals surface area contributed by atoms with Gasteiger partial charge in [-0.1, -0.05) is 24.3 Å². The summed E-state index contributed by atoms with van der Waals surface area (Å²) in [6, 6.07) is 26.8. The van der Waals surface area contributed by atoms with Crippen LogP contribution >= 0.6 is 0 Å². The van der Waals surface area contributed by atoms with Gasteiger partial charge in [-0.25, -0.2) is 15.0 Å². The van der Waals surface area contributed by atoms with Gasteiger partial charge in [-0.15, -0.1) is 0 Å². The van der Waals surface area contributed by atoms with Gasteiger partial charge in [0.1, 0.15) is 0 Å². The van der Waals surface area contributed by atoms with Crippen LogP contribution < -0.4 is 0 Å². The van der Waals surface area contributed by atoms with Crippen molar-refractivity contribution in [3.63, 3.8) is 0 Å². The third kappa shape index (κ3) is 3.40. The number of nitrogens with zero attached hydrogens (tertiary/aromatic N) is 3. The largest absolute Gasteiger partial charge is 0.355 e. The highest BCUT2D eigenvalue weighted by Gasteiger charge is 2.09. The van der Waals surface area contributed by atoms with Crippen LogP contribution in [0.3, 0.4) is 0 Å². The molecule has 2 aliphatic rings. The first kappa shape index (κ1) is 18.8. The Bertz CT molecular complexity index is 1820. The number of benzene rings is 1. The van der Waals surface area contributed by atoms with E-state index in [0.29, 0.717) is 0 Å². The number of para-hydroxylation sites is 1. The zero-order chi connectivity index (χ0) is 22.5. The predicted octanol–water partition coefficient (Wildman–Crippen LogP) is 6.87. The fourth-order valence-electron chi connectivity index (χ4n) is 4.45. The van der Waals surface area contributed by atoms with E-state index in [1.165, 1.54) is 0 Å². The monoisotopic (exact) mass is 437 g/mol. The number of aromatic nitrogens is 5. The van der Waals surface area contributed by atoms with Gasteiger partial charge >= 0.3 is 0 Å². The summed E-state index contributed by atoms with van der Waals surface area (Å²) < 4.78 is 0. The lowest BCUT2D eigenvalue weighted by atomic mass is 10.1. The molecule has 1 aromatic carbocycles. The number of nitrogens with one attached hydrogen (secondary N) is 2. The lowest BCUT2D eigenvalue weighted by Crippen LogP contribution is -1.84. The summed E-state index contributed by atoms with van der Waals surface area (Å²) in [6.07, 6.45) is 8.12. The first-order valence-corrected chi connectivity index (χ1v) is 11.2. The zero-order valence-corrected chi connectivity index (χ0v) is 18.2. The van der Waals surface area contributed by atoms with Crippen LogP contribution in [-0.4, -0.2) is 24.9 Å². The molecule has 0 radical (unpaired) electrons. The summed E-state index contributed by atoms with van der Waals surface area (Å²) in [5, 5.41) is 1.12. The third-order valence-corrected chi connectivity index (χ3v) is 6.04. The molecular weight excluding hydrogens is 418 g/mol. The van der Waals surface area contributed by atoms with Crippen LogP contribution in [-0.2, 0) is 0 Å². The van der Waals surface area contributed by atoms with E-state index < -0.39 is 0 Å². The maximum Gasteiger partial charge on any atom is 0.0731 e.